The number of benzene rings is 1. The number of allylic oxidation sites excluding steroid dienone is 1. The van der Waals surface area contributed by atoms with E-state index < -0.39 is 0 Å². The summed E-state index contributed by atoms with van der Waals surface area (Å²) in [6.45, 7) is 5.88. The average Bonchev–Trinajstić information content (AvgIpc) is 3.39. The number of nitrogens with zero attached hydrogens (tertiary/aromatic N) is 1. The van der Waals surface area contributed by atoms with Gasteiger partial charge in [-0.05, 0) is 91.7 Å². The molecule has 1 aromatic carbocycles. The van der Waals surface area contributed by atoms with Gasteiger partial charge in [-0.3, -0.25) is 4.79 Å². The molecule has 0 N–H and O–H groups in total. The van der Waals surface area contributed by atoms with Crippen molar-refractivity contribution in [2.24, 2.45) is 39.5 Å². The van der Waals surface area contributed by atoms with Crippen molar-refractivity contribution in [2.45, 2.75) is 71.3 Å². The van der Waals surface area contributed by atoms with Crippen LogP contribution in [0.3, 0.4) is 0 Å². The maximum absolute atomic E-state index is 12.1. The fourth-order valence-electron chi connectivity index (χ4n) is 8.55. The number of ketones is 1. The molecule has 0 radical (unpaired) electrons. The summed E-state index contributed by atoms with van der Waals surface area (Å²) < 4.78 is 6.50. The minimum Gasteiger partial charge on any atom is -0.472 e. The Bertz CT molecular complexity index is 949. The Morgan fingerprint density at radius 3 is 2.58 bits per heavy atom. The molecule has 1 heterocycles. The van der Waals surface area contributed by atoms with E-state index >= 15 is 0 Å². The lowest BCUT2D eigenvalue weighted by Gasteiger charge is -2.58. The third-order valence-corrected chi connectivity index (χ3v) is 10.2. The number of carbonyl (C=O) groups excluding carboxylic acids is 1. The van der Waals surface area contributed by atoms with E-state index in [1.165, 1.54) is 37.7 Å². The van der Waals surface area contributed by atoms with E-state index in [9.17, 15) is 4.79 Å². The first-order chi connectivity index (χ1) is 15.0. The number of ether oxygens (including phenoxy) is 1. The number of hydrogen-bond acceptors (Lipinski definition) is 3. The topological polar surface area (TPSA) is 38.7 Å². The van der Waals surface area contributed by atoms with Gasteiger partial charge >= 0.3 is 0 Å². The molecular formula is C28H35NO2. The highest BCUT2D eigenvalue weighted by Crippen LogP contribution is 2.67. The molecule has 3 fully saturated rings. The molecule has 0 amide bonds. The minimum atomic E-state index is 0.240. The molecule has 1 aromatic rings. The van der Waals surface area contributed by atoms with Crippen molar-refractivity contribution in [3.63, 3.8) is 0 Å². The average molecular weight is 418 g/mol. The Balaban J connectivity index is 1.22. The van der Waals surface area contributed by atoms with E-state index in [2.05, 4.69) is 38.1 Å². The molecule has 3 heteroatoms. The summed E-state index contributed by atoms with van der Waals surface area (Å²) in [6, 6.07) is 10.4. The van der Waals surface area contributed by atoms with E-state index in [1.807, 2.05) is 12.1 Å². The van der Waals surface area contributed by atoms with Crippen LogP contribution in [0.1, 0.15) is 70.8 Å². The quantitative estimate of drug-likeness (QED) is 0.594. The Morgan fingerprint density at radius 1 is 0.935 bits per heavy atom. The van der Waals surface area contributed by atoms with Crippen LogP contribution >= 0.6 is 0 Å². The number of aliphatic imine (C=N–C) groups is 1. The summed E-state index contributed by atoms with van der Waals surface area (Å²) in [6.07, 6.45) is 11.8. The normalized spacial score (nSPS) is 43.9. The van der Waals surface area contributed by atoms with Gasteiger partial charge in [0.15, 0.2) is 5.78 Å². The SMILES string of the molecule is C[C@]12CC[C@H]3[C@@H](CCC4=CC(=O)CC[C@@]43C)[C@@H]1CC[C@@H]2[C@@H]1CN=C(c2ccccc2)O1. The molecule has 0 aromatic heterocycles. The zero-order chi connectivity index (χ0) is 21.2. The first-order valence-electron chi connectivity index (χ1n) is 12.5. The maximum Gasteiger partial charge on any atom is 0.216 e. The number of rotatable bonds is 2. The van der Waals surface area contributed by atoms with Crippen LogP contribution in [0.2, 0.25) is 0 Å². The molecule has 164 valence electrons. The fourth-order valence-corrected chi connectivity index (χ4v) is 8.55. The van der Waals surface area contributed by atoms with Crippen molar-refractivity contribution in [3.8, 4) is 0 Å². The summed E-state index contributed by atoms with van der Waals surface area (Å²) >= 11 is 0. The Labute approximate surface area is 186 Å². The van der Waals surface area contributed by atoms with Gasteiger partial charge in [-0.1, -0.05) is 37.6 Å². The molecule has 3 nitrogen and oxygen atoms in total. The van der Waals surface area contributed by atoms with Crippen molar-refractivity contribution >= 4 is 11.7 Å². The second-order valence-electron chi connectivity index (χ2n) is 11.4. The zero-order valence-electron chi connectivity index (χ0n) is 19.0. The molecule has 6 rings (SSSR count). The van der Waals surface area contributed by atoms with Crippen molar-refractivity contribution in [1.82, 2.24) is 0 Å². The van der Waals surface area contributed by atoms with Crippen molar-refractivity contribution in [2.75, 3.05) is 6.54 Å². The molecule has 7 atom stereocenters. The van der Waals surface area contributed by atoms with Crippen molar-refractivity contribution in [1.29, 1.82) is 0 Å². The summed E-state index contributed by atoms with van der Waals surface area (Å²) in [5.41, 5.74) is 3.22. The number of fused-ring (bicyclic) bond motifs is 5. The van der Waals surface area contributed by atoms with E-state index in [0.29, 0.717) is 17.1 Å². The molecule has 0 saturated heterocycles. The summed E-state index contributed by atoms with van der Waals surface area (Å²) in [5, 5.41) is 0. The summed E-state index contributed by atoms with van der Waals surface area (Å²) in [5.74, 6) is 4.20. The highest BCUT2D eigenvalue weighted by Gasteiger charge is 2.60. The second-order valence-corrected chi connectivity index (χ2v) is 11.4. The standard InChI is InChI=1S/C28H35NO2/c1-27-14-12-20(30)16-19(27)8-9-21-22-10-11-24(28(22,2)15-13-23(21)27)25-17-29-26(31-25)18-6-4-3-5-7-18/h3-7,16,21-25H,8-15,17H2,1-2H3/t21-,22-,23-,24+,25-,27-,28-/m0/s1. The Hall–Kier alpha value is -1.90. The van der Waals surface area contributed by atoms with Gasteiger partial charge in [0.25, 0.3) is 0 Å². The fraction of sp³-hybridized carbons (Fsp3) is 0.643. The summed E-state index contributed by atoms with van der Waals surface area (Å²) in [4.78, 5) is 16.9. The van der Waals surface area contributed by atoms with Gasteiger partial charge in [-0.2, -0.15) is 0 Å². The zero-order valence-corrected chi connectivity index (χ0v) is 19.0. The molecule has 31 heavy (non-hydrogen) atoms. The van der Waals surface area contributed by atoms with Crippen molar-refractivity contribution in [3.05, 3.63) is 47.5 Å². The first kappa shape index (κ1) is 19.8. The van der Waals surface area contributed by atoms with Gasteiger partial charge in [0.2, 0.25) is 5.90 Å². The van der Waals surface area contributed by atoms with E-state index in [1.54, 1.807) is 0 Å². The largest absolute Gasteiger partial charge is 0.472 e. The van der Waals surface area contributed by atoms with Crippen LogP contribution in [0.4, 0.5) is 0 Å². The first-order valence-corrected chi connectivity index (χ1v) is 12.5. The number of hydrogen-bond donors (Lipinski definition) is 0. The molecule has 0 bridgehead atoms. The number of carbonyl (C=O) groups is 1. The van der Waals surface area contributed by atoms with Crippen LogP contribution in [0.15, 0.2) is 47.0 Å². The molecule has 3 saturated carbocycles. The van der Waals surface area contributed by atoms with E-state index in [0.717, 1.165) is 55.0 Å². The molecule has 0 spiro atoms. The van der Waals surface area contributed by atoms with Gasteiger partial charge in [-0.25, -0.2) is 4.99 Å². The highest BCUT2D eigenvalue weighted by atomic mass is 16.5. The van der Waals surface area contributed by atoms with Crippen LogP contribution in [0, 0.1) is 34.5 Å². The van der Waals surface area contributed by atoms with Gasteiger partial charge in [0, 0.05) is 17.9 Å². The monoisotopic (exact) mass is 417 g/mol. The smallest absolute Gasteiger partial charge is 0.216 e. The molecule has 5 aliphatic rings. The lowest BCUT2D eigenvalue weighted by atomic mass is 9.46. The van der Waals surface area contributed by atoms with Crippen LogP contribution in [-0.2, 0) is 9.53 Å². The van der Waals surface area contributed by atoms with Gasteiger partial charge in [0.05, 0.1) is 6.54 Å². The van der Waals surface area contributed by atoms with Gasteiger partial charge in [-0.15, -0.1) is 0 Å². The van der Waals surface area contributed by atoms with Crippen LogP contribution in [0.25, 0.3) is 0 Å². The third kappa shape index (κ3) is 2.91. The molecule has 4 aliphatic carbocycles. The Kier molecular flexibility index (Phi) is 4.49. The molecular weight excluding hydrogens is 382 g/mol. The summed E-state index contributed by atoms with van der Waals surface area (Å²) in [7, 11) is 0. The molecule has 0 unspecified atom stereocenters. The van der Waals surface area contributed by atoms with Crippen molar-refractivity contribution < 1.29 is 9.53 Å². The van der Waals surface area contributed by atoms with E-state index in [-0.39, 0.29) is 11.5 Å². The predicted molar refractivity (Wildman–Crippen MR) is 123 cm³/mol. The lowest BCUT2D eigenvalue weighted by Crippen LogP contribution is -2.51. The second kappa shape index (κ2) is 7.05. The van der Waals surface area contributed by atoms with Crippen LogP contribution < -0.4 is 0 Å². The minimum absolute atomic E-state index is 0.240. The lowest BCUT2D eigenvalue weighted by molar-refractivity contribution is -0.117. The highest BCUT2D eigenvalue weighted by molar-refractivity contribution is 5.95. The molecule has 1 aliphatic heterocycles. The van der Waals surface area contributed by atoms with Crippen LogP contribution in [0.5, 0.6) is 0 Å². The van der Waals surface area contributed by atoms with Gasteiger partial charge < -0.3 is 4.74 Å². The predicted octanol–water partition coefficient (Wildman–Crippen LogP) is 5.98. The van der Waals surface area contributed by atoms with Crippen LogP contribution in [-0.4, -0.2) is 24.3 Å². The maximum atomic E-state index is 12.1. The third-order valence-electron chi connectivity index (χ3n) is 10.2. The van der Waals surface area contributed by atoms with Gasteiger partial charge in [0.1, 0.15) is 6.10 Å². The Morgan fingerprint density at radius 2 is 1.74 bits per heavy atom. The van der Waals surface area contributed by atoms with E-state index in [4.69, 9.17) is 9.73 Å².